The Balaban J connectivity index is 1.95. The molecule has 3 heterocycles. The summed E-state index contributed by atoms with van der Waals surface area (Å²) in [6.45, 7) is 0. The average molecular weight is 369 g/mol. The normalized spacial score (nSPS) is 10.5. The molecular formula is C23H19N3O2. The summed E-state index contributed by atoms with van der Waals surface area (Å²) in [6.07, 6.45) is 3.52. The quantitative estimate of drug-likeness (QED) is 0.501. The van der Waals surface area contributed by atoms with Crippen molar-refractivity contribution >= 4 is 0 Å². The zero-order chi connectivity index (χ0) is 19.3. The molecule has 0 unspecified atom stereocenters. The number of rotatable bonds is 5. The summed E-state index contributed by atoms with van der Waals surface area (Å²) in [5.74, 6) is 1.51. The number of ether oxygens (including phenoxy) is 2. The van der Waals surface area contributed by atoms with Crippen molar-refractivity contribution in [2.45, 2.75) is 0 Å². The van der Waals surface area contributed by atoms with Gasteiger partial charge in [-0.25, -0.2) is 4.98 Å². The predicted octanol–water partition coefficient (Wildman–Crippen LogP) is 4.89. The third-order valence-corrected chi connectivity index (χ3v) is 4.40. The monoisotopic (exact) mass is 369 g/mol. The second-order valence-electron chi connectivity index (χ2n) is 6.12. The van der Waals surface area contributed by atoms with Gasteiger partial charge in [0.05, 0.1) is 37.0 Å². The maximum atomic E-state index is 5.58. The highest BCUT2D eigenvalue weighted by Gasteiger charge is 2.14. The van der Waals surface area contributed by atoms with E-state index in [2.05, 4.69) is 9.97 Å². The number of benzene rings is 1. The SMILES string of the molecule is COc1ccc(OC)c(-c2cc(-c3ccccn3)nc(-c3ccccn3)c2)c1. The lowest BCUT2D eigenvalue weighted by molar-refractivity contribution is 0.404. The van der Waals surface area contributed by atoms with Crippen LogP contribution < -0.4 is 9.47 Å². The van der Waals surface area contributed by atoms with Gasteiger partial charge in [0.1, 0.15) is 11.5 Å². The molecule has 28 heavy (non-hydrogen) atoms. The van der Waals surface area contributed by atoms with Gasteiger partial charge in [0.25, 0.3) is 0 Å². The lowest BCUT2D eigenvalue weighted by atomic mass is 10.0. The Morgan fingerprint density at radius 2 is 1.29 bits per heavy atom. The molecule has 0 saturated carbocycles. The maximum absolute atomic E-state index is 5.58. The highest BCUT2D eigenvalue weighted by molar-refractivity contribution is 5.78. The Morgan fingerprint density at radius 3 is 1.79 bits per heavy atom. The summed E-state index contributed by atoms with van der Waals surface area (Å²) < 4.78 is 11.0. The first kappa shape index (κ1) is 17.7. The highest BCUT2D eigenvalue weighted by Crippen LogP contribution is 2.36. The third kappa shape index (κ3) is 3.55. The van der Waals surface area contributed by atoms with Crippen LogP contribution in [0.2, 0.25) is 0 Å². The van der Waals surface area contributed by atoms with E-state index in [4.69, 9.17) is 14.5 Å². The van der Waals surface area contributed by atoms with Gasteiger partial charge in [0.15, 0.2) is 0 Å². The van der Waals surface area contributed by atoms with Gasteiger partial charge in [-0.15, -0.1) is 0 Å². The number of hydrogen-bond acceptors (Lipinski definition) is 5. The van der Waals surface area contributed by atoms with Crippen molar-refractivity contribution in [3.63, 3.8) is 0 Å². The fraction of sp³-hybridized carbons (Fsp3) is 0.0870. The average Bonchev–Trinajstić information content (AvgIpc) is 2.79. The van der Waals surface area contributed by atoms with E-state index in [1.807, 2.05) is 66.7 Å². The Kier molecular flexibility index (Phi) is 4.97. The fourth-order valence-electron chi connectivity index (χ4n) is 3.02. The Morgan fingerprint density at radius 1 is 0.643 bits per heavy atom. The molecule has 5 heteroatoms. The lowest BCUT2D eigenvalue weighted by Gasteiger charge is -2.13. The van der Waals surface area contributed by atoms with Gasteiger partial charge in [-0.1, -0.05) is 12.1 Å². The first-order chi connectivity index (χ1) is 13.8. The van der Waals surface area contributed by atoms with Gasteiger partial charge in [0, 0.05) is 18.0 Å². The van der Waals surface area contributed by atoms with Crippen LogP contribution in [0.5, 0.6) is 11.5 Å². The molecule has 138 valence electrons. The standard InChI is InChI=1S/C23H19N3O2/c1-27-17-9-10-23(28-2)18(15-17)16-13-21(19-7-3-5-11-24-19)26-22(14-16)20-8-4-6-12-25-20/h3-15H,1-2H3. The van der Waals surface area contributed by atoms with Gasteiger partial charge in [-0.05, 0) is 60.2 Å². The van der Waals surface area contributed by atoms with E-state index in [0.29, 0.717) is 0 Å². The van der Waals surface area contributed by atoms with E-state index in [0.717, 1.165) is 45.4 Å². The first-order valence-corrected chi connectivity index (χ1v) is 8.86. The van der Waals surface area contributed by atoms with Gasteiger partial charge < -0.3 is 9.47 Å². The first-order valence-electron chi connectivity index (χ1n) is 8.86. The third-order valence-electron chi connectivity index (χ3n) is 4.40. The van der Waals surface area contributed by atoms with Crippen molar-refractivity contribution in [3.05, 3.63) is 79.1 Å². The lowest BCUT2D eigenvalue weighted by Crippen LogP contribution is -1.95. The molecule has 1 aromatic carbocycles. The highest BCUT2D eigenvalue weighted by atomic mass is 16.5. The summed E-state index contributed by atoms with van der Waals surface area (Å²) in [5.41, 5.74) is 4.99. The second kappa shape index (κ2) is 7.88. The van der Waals surface area contributed by atoms with Crippen LogP contribution >= 0.6 is 0 Å². The van der Waals surface area contributed by atoms with Gasteiger partial charge in [-0.3, -0.25) is 9.97 Å². The molecule has 3 aromatic heterocycles. The van der Waals surface area contributed by atoms with Crippen LogP contribution in [0.25, 0.3) is 33.9 Å². The zero-order valence-corrected chi connectivity index (χ0v) is 15.7. The number of aromatic nitrogens is 3. The predicted molar refractivity (Wildman–Crippen MR) is 109 cm³/mol. The molecule has 0 amide bonds. The number of methoxy groups -OCH3 is 2. The van der Waals surface area contributed by atoms with E-state index in [1.165, 1.54) is 0 Å². The molecule has 5 nitrogen and oxygen atoms in total. The van der Waals surface area contributed by atoms with Crippen LogP contribution in [0.15, 0.2) is 79.1 Å². The molecule has 0 aliphatic heterocycles. The van der Waals surface area contributed by atoms with Gasteiger partial charge in [0.2, 0.25) is 0 Å². The summed E-state index contributed by atoms with van der Waals surface area (Å²) in [4.78, 5) is 13.7. The summed E-state index contributed by atoms with van der Waals surface area (Å²) in [6, 6.07) is 21.3. The number of hydrogen-bond donors (Lipinski definition) is 0. The minimum Gasteiger partial charge on any atom is -0.497 e. The largest absolute Gasteiger partial charge is 0.497 e. The fourth-order valence-corrected chi connectivity index (χ4v) is 3.02. The molecule has 0 spiro atoms. The van der Waals surface area contributed by atoms with Crippen molar-refractivity contribution in [3.8, 4) is 45.4 Å². The topological polar surface area (TPSA) is 57.1 Å². The van der Waals surface area contributed by atoms with Crippen LogP contribution in [-0.2, 0) is 0 Å². The van der Waals surface area contributed by atoms with E-state index < -0.39 is 0 Å². The molecular weight excluding hydrogens is 350 g/mol. The Labute approximate surface area is 163 Å². The maximum Gasteiger partial charge on any atom is 0.126 e. The van der Waals surface area contributed by atoms with Crippen molar-refractivity contribution in [2.24, 2.45) is 0 Å². The van der Waals surface area contributed by atoms with Gasteiger partial charge >= 0.3 is 0 Å². The van der Waals surface area contributed by atoms with E-state index in [-0.39, 0.29) is 0 Å². The number of nitrogens with zero attached hydrogens (tertiary/aromatic N) is 3. The molecule has 4 rings (SSSR count). The molecule has 0 radical (unpaired) electrons. The summed E-state index contributed by atoms with van der Waals surface area (Å²) in [7, 11) is 3.31. The Bertz CT molecular complexity index is 1030. The van der Waals surface area contributed by atoms with Crippen LogP contribution in [0.4, 0.5) is 0 Å². The van der Waals surface area contributed by atoms with E-state index in [1.54, 1.807) is 26.6 Å². The molecule has 0 N–H and O–H groups in total. The van der Waals surface area contributed by atoms with Gasteiger partial charge in [-0.2, -0.15) is 0 Å². The van der Waals surface area contributed by atoms with Crippen LogP contribution in [0.1, 0.15) is 0 Å². The van der Waals surface area contributed by atoms with E-state index in [9.17, 15) is 0 Å². The molecule has 0 aliphatic rings. The molecule has 0 aliphatic carbocycles. The van der Waals surface area contributed by atoms with Crippen molar-refractivity contribution < 1.29 is 9.47 Å². The van der Waals surface area contributed by atoms with Crippen molar-refractivity contribution in [1.29, 1.82) is 0 Å². The summed E-state index contributed by atoms with van der Waals surface area (Å²) >= 11 is 0. The molecule has 0 atom stereocenters. The molecule has 0 saturated heterocycles. The van der Waals surface area contributed by atoms with Crippen LogP contribution in [-0.4, -0.2) is 29.2 Å². The molecule has 0 fully saturated rings. The van der Waals surface area contributed by atoms with Crippen LogP contribution in [0, 0.1) is 0 Å². The zero-order valence-electron chi connectivity index (χ0n) is 15.7. The van der Waals surface area contributed by atoms with Crippen LogP contribution in [0.3, 0.4) is 0 Å². The van der Waals surface area contributed by atoms with Crippen molar-refractivity contribution in [2.75, 3.05) is 14.2 Å². The van der Waals surface area contributed by atoms with E-state index >= 15 is 0 Å². The minimum atomic E-state index is 0.756. The Hall–Kier alpha value is -3.73. The molecule has 0 bridgehead atoms. The van der Waals surface area contributed by atoms with Crippen molar-refractivity contribution in [1.82, 2.24) is 15.0 Å². The smallest absolute Gasteiger partial charge is 0.126 e. The number of pyridine rings is 3. The second-order valence-corrected chi connectivity index (χ2v) is 6.12. The molecule has 4 aromatic rings. The minimum absolute atomic E-state index is 0.756. The summed E-state index contributed by atoms with van der Waals surface area (Å²) in [5, 5.41) is 0.